The predicted octanol–water partition coefficient (Wildman–Crippen LogP) is 1.42. The van der Waals surface area contributed by atoms with Crippen LogP contribution in [0.2, 0.25) is 0 Å². The number of rotatable bonds is 6. The first-order chi connectivity index (χ1) is 12.8. The van der Waals surface area contributed by atoms with Crippen LogP contribution in [0.15, 0.2) is 33.7 Å². The Morgan fingerprint density at radius 3 is 2.56 bits per heavy atom. The molecule has 1 amide bonds. The molecule has 0 radical (unpaired) electrons. The summed E-state index contributed by atoms with van der Waals surface area (Å²) >= 11 is 0. The largest absolute Gasteiger partial charge is 0.475 e. The number of sulfonamides is 1. The Labute approximate surface area is 156 Å². The first kappa shape index (κ1) is 19.2. The molecule has 2 N–H and O–H groups in total. The van der Waals surface area contributed by atoms with E-state index in [2.05, 4.69) is 5.32 Å². The maximum Gasteiger partial charge on any atom is 0.371 e. The zero-order chi connectivity index (χ0) is 19.6. The van der Waals surface area contributed by atoms with Gasteiger partial charge in [-0.1, -0.05) is 6.42 Å². The number of carboxylic acid groups (broad SMARTS) is 1. The molecular formula is C17H21N3O6S. The number of nitrogens with one attached hydrogen (secondary N) is 1. The number of carboxylic acids is 1. The summed E-state index contributed by atoms with van der Waals surface area (Å²) in [5.41, 5.74) is 0.190. The number of amides is 1. The van der Waals surface area contributed by atoms with Crippen LogP contribution in [0.25, 0.3) is 0 Å². The number of hydrogen-bond acceptors (Lipinski definition) is 5. The normalized spacial score (nSPS) is 15.6. The SMILES string of the molecule is Cn1cc(S(=O)(=O)N2CCCCC2)cc1C(=O)NCc1ccc(C(=O)O)o1. The number of piperidine rings is 1. The molecule has 9 nitrogen and oxygen atoms in total. The van der Waals surface area contributed by atoms with Gasteiger partial charge < -0.3 is 19.4 Å². The number of carbonyl (C=O) groups excluding carboxylic acids is 1. The van der Waals surface area contributed by atoms with Crippen molar-refractivity contribution in [3.63, 3.8) is 0 Å². The molecule has 0 atom stereocenters. The smallest absolute Gasteiger partial charge is 0.371 e. The highest BCUT2D eigenvalue weighted by atomic mass is 32.2. The van der Waals surface area contributed by atoms with Crippen LogP contribution in [-0.4, -0.2) is 47.4 Å². The predicted molar refractivity (Wildman–Crippen MR) is 94.9 cm³/mol. The summed E-state index contributed by atoms with van der Waals surface area (Å²) in [4.78, 5) is 23.3. The van der Waals surface area contributed by atoms with Crippen LogP contribution in [0.3, 0.4) is 0 Å². The number of nitrogens with zero attached hydrogens (tertiary/aromatic N) is 2. The van der Waals surface area contributed by atoms with Gasteiger partial charge in [0, 0.05) is 26.3 Å². The topological polar surface area (TPSA) is 122 Å². The number of aromatic carboxylic acids is 1. The van der Waals surface area contributed by atoms with E-state index >= 15 is 0 Å². The molecule has 0 bridgehead atoms. The molecule has 2 aromatic heterocycles. The lowest BCUT2D eigenvalue weighted by Gasteiger charge is -2.25. The fraction of sp³-hybridized carbons (Fsp3) is 0.412. The Balaban J connectivity index is 1.71. The van der Waals surface area contributed by atoms with Crippen LogP contribution in [0.4, 0.5) is 0 Å². The van der Waals surface area contributed by atoms with Crippen LogP contribution in [0.5, 0.6) is 0 Å². The minimum absolute atomic E-state index is 0.00843. The summed E-state index contributed by atoms with van der Waals surface area (Å²) in [7, 11) is -2.03. The lowest BCUT2D eigenvalue weighted by atomic mass is 10.2. The van der Waals surface area contributed by atoms with E-state index in [9.17, 15) is 18.0 Å². The Morgan fingerprint density at radius 2 is 1.93 bits per heavy atom. The van der Waals surface area contributed by atoms with E-state index in [0.717, 1.165) is 19.3 Å². The number of hydrogen-bond donors (Lipinski definition) is 2. The molecule has 0 aliphatic carbocycles. The third-order valence-corrected chi connectivity index (χ3v) is 6.32. The third kappa shape index (κ3) is 4.06. The average Bonchev–Trinajstić information content (AvgIpc) is 3.27. The fourth-order valence-corrected chi connectivity index (χ4v) is 4.59. The zero-order valence-electron chi connectivity index (χ0n) is 14.8. The van der Waals surface area contributed by atoms with E-state index in [1.807, 2.05) is 0 Å². The molecule has 146 valence electrons. The molecule has 2 aromatic rings. The maximum absolute atomic E-state index is 12.7. The van der Waals surface area contributed by atoms with Crippen molar-refractivity contribution < 1.29 is 27.5 Å². The highest BCUT2D eigenvalue weighted by Gasteiger charge is 2.28. The van der Waals surface area contributed by atoms with E-state index in [1.54, 1.807) is 7.05 Å². The van der Waals surface area contributed by atoms with Gasteiger partial charge in [0.15, 0.2) is 0 Å². The first-order valence-electron chi connectivity index (χ1n) is 8.56. The second-order valence-electron chi connectivity index (χ2n) is 6.39. The number of aromatic nitrogens is 1. The summed E-state index contributed by atoms with van der Waals surface area (Å²) in [6, 6.07) is 4.11. The quantitative estimate of drug-likeness (QED) is 0.763. The van der Waals surface area contributed by atoms with Crippen LogP contribution in [0, 0.1) is 0 Å². The van der Waals surface area contributed by atoms with Gasteiger partial charge in [-0.25, -0.2) is 13.2 Å². The van der Waals surface area contributed by atoms with Crippen LogP contribution >= 0.6 is 0 Å². The van der Waals surface area contributed by atoms with Crippen molar-refractivity contribution in [1.29, 1.82) is 0 Å². The first-order valence-corrected chi connectivity index (χ1v) is 10.00. The summed E-state index contributed by atoms with van der Waals surface area (Å²) in [6.45, 7) is 0.970. The van der Waals surface area contributed by atoms with Crippen molar-refractivity contribution in [3.05, 3.63) is 41.6 Å². The minimum Gasteiger partial charge on any atom is -0.475 e. The summed E-state index contributed by atoms with van der Waals surface area (Å²) in [5, 5.41) is 11.4. The van der Waals surface area contributed by atoms with Crippen LogP contribution in [-0.2, 0) is 23.6 Å². The molecule has 27 heavy (non-hydrogen) atoms. The minimum atomic E-state index is -3.62. The van der Waals surface area contributed by atoms with E-state index in [4.69, 9.17) is 9.52 Å². The van der Waals surface area contributed by atoms with E-state index in [0.29, 0.717) is 13.1 Å². The number of aryl methyl sites for hydroxylation is 1. The lowest BCUT2D eigenvalue weighted by Crippen LogP contribution is -2.35. The van der Waals surface area contributed by atoms with Gasteiger partial charge in [0.2, 0.25) is 15.8 Å². The number of furan rings is 1. The van der Waals surface area contributed by atoms with Crippen LogP contribution < -0.4 is 5.32 Å². The molecular weight excluding hydrogens is 374 g/mol. The van der Waals surface area contributed by atoms with Crippen molar-refractivity contribution >= 4 is 21.9 Å². The van der Waals surface area contributed by atoms with Gasteiger partial charge in [0.25, 0.3) is 5.91 Å². The molecule has 10 heteroatoms. The van der Waals surface area contributed by atoms with Gasteiger partial charge in [-0.3, -0.25) is 4.79 Å². The highest BCUT2D eigenvalue weighted by molar-refractivity contribution is 7.89. The van der Waals surface area contributed by atoms with Gasteiger partial charge in [0.05, 0.1) is 6.54 Å². The van der Waals surface area contributed by atoms with Crippen molar-refractivity contribution in [2.75, 3.05) is 13.1 Å². The van der Waals surface area contributed by atoms with E-state index < -0.39 is 21.9 Å². The van der Waals surface area contributed by atoms with Crippen LogP contribution in [0.1, 0.15) is 46.1 Å². The lowest BCUT2D eigenvalue weighted by molar-refractivity contribution is 0.0660. The second-order valence-corrected chi connectivity index (χ2v) is 8.33. The average molecular weight is 395 g/mol. The Morgan fingerprint density at radius 1 is 1.22 bits per heavy atom. The van der Waals surface area contributed by atoms with Gasteiger partial charge in [-0.05, 0) is 31.0 Å². The standard InChI is InChI=1S/C17H21N3O6S/c1-19-11-13(27(24,25)20-7-3-2-4-8-20)9-14(19)16(21)18-10-12-5-6-15(26-12)17(22)23/h5-6,9,11H,2-4,7-8,10H2,1H3,(H,18,21)(H,22,23). The van der Waals surface area contributed by atoms with Gasteiger partial charge in [0.1, 0.15) is 16.3 Å². The zero-order valence-corrected chi connectivity index (χ0v) is 15.7. The Bertz CT molecular complexity index is 953. The van der Waals surface area contributed by atoms with Gasteiger partial charge in [-0.2, -0.15) is 4.31 Å². The molecule has 1 saturated heterocycles. The van der Waals surface area contributed by atoms with E-state index in [-0.39, 0.29) is 28.7 Å². The van der Waals surface area contributed by atoms with Crippen molar-refractivity contribution in [1.82, 2.24) is 14.2 Å². The molecule has 1 aliphatic rings. The molecule has 1 fully saturated rings. The van der Waals surface area contributed by atoms with E-state index in [1.165, 1.54) is 33.3 Å². The Hall–Kier alpha value is -2.59. The second kappa shape index (κ2) is 7.57. The van der Waals surface area contributed by atoms with Gasteiger partial charge >= 0.3 is 5.97 Å². The maximum atomic E-state index is 12.7. The molecule has 0 spiro atoms. The summed E-state index contributed by atoms with van der Waals surface area (Å²) in [5.74, 6) is -1.60. The fourth-order valence-electron chi connectivity index (χ4n) is 3.00. The molecule has 0 unspecified atom stereocenters. The highest BCUT2D eigenvalue weighted by Crippen LogP contribution is 2.22. The van der Waals surface area contributed by atoms with Crippen molar-refractivity contribution in [2.45, 2.75) is 30.7 Å². The molecule has 3 heterocycles. The summed E-state index contributed by atoms with van der Waals surface area (Å²) < 4.78 is 33.4. The van der Waals surface area contributed by atoms with Crippen molar-refractivity contribution in [3.8, 4) is 0 Å². The van der Waals surface area contributed by atoms with Crippen molar-refractivity contribution in [2.24, 2.45) is 7.05 Å². The van der Waals surface area contributed by atoms with Gasteiger partial charge in [-0.15, -0.1) is 0 Å². The molecule has 1 aliphatic heterocycles. The summed E-state index contributed by atoms with van der Waals surface area (Å²) in [6.07, 6.45) is 4.11. The Kier molecular flexibility index (Phi) is 5.38. The number of carbonyl (C=O) groups is 2. The molecule has 0 aromatic carbocycles. The third-order valence-electron chi connectivity index (χ3n) is 4.46. The molecule has 3 rings (SSSR count). The monoisotopic (exact) mass is 395 g/mol. The molecule has 0 saturated carbocycles.